The molecule has 3 aromatic rings. The first-order valence-electron chi connectivity index (χ1n) is 10.8. The zero-order valence-corrected chi connectivity index (χ0v) is 20.6. The summed E-state index contributed by atoms with van der Waals surface area (Å²) in [5, 5.41) is 35.1. The number of hydrogen-bond donors (Lipinski definition) is 1. The molecular weight excluding hydrogens is 516 g/mol. The van der Waals surface area contributed by atoms with Gasteiger partial charge in [-0.2, -0.15) is 5.26 Å². The normalized spacial score (nSPS) is 10.7. The number of rotatable bonds is 10. The average Bonchev–Trinajstić information content (AvgIpc) is 2.89. The highest BCUT2D eigenvalue weighted by Gasteiger charge is 2.24. The van der Waals surface area contributed by atoms with Crippen LogP contribution in [0.4, 0.5) is 17.1 Å². The van der Waals surface area contributed by atoms with Crippen LogP contribution in [0, 0.1) is 31.6 Å². The highest BCUT2D eigenvalue weighted by Crippen LogP contribution is 2.41. The van der Waals surface area contributed by atoms with Crippen LogP contribution >= 0.6 is 11.6 Å². The predicted molar refractivity (Wildman–Crippen MR) is 140 cm³/mol. The van der Waals surface area contributed by atoms with E-state index in [2.05, 4.69) is 11.9 Å². The predicted octanol–water partition coefficient (Wildman–Crippen LogP) is 6.23. The Balaban J connectivity index is 2.04. The first-order chi connectivity index (χ1) is 18.2. The van der Waals surface area contributed by atoms with E-state index in [1.54, 1.807) is 36.4 Å². The Morgan fingerprint density at radius 3 is 2.47 bits per heavy atom. The maximum absolute atomic E-state index is 12.7. The van der Waals surface area contributed by atoms with Crippen LogP contribution in [0.5, 0.6) is 17.2 Å². The fourth-order valence-electron chi connectivity index (χ4n) is 3.37. The number of halogens is 1. The van der Waals surface area contributed by atoms with E-state index in [1.165, 1.54) is 19.3 Å². The van der Waals surface area contributed by atoms with E-state index < -0.39 is 27.1 Å². The number of nitro benzene ring substituents is 2. The molecule has 38 heavy (non-hydrogen) atoms. The topological polar surface area (TPSA) is 158 Å². The molecule has 192 valence electrons. The van der Waals surface area contributed by atoms with E-state index in [-0.39, 0.29) is 29.2 Å². The molecule has 12 heteroatoms. The highest BCUT2D eigenvalue weighted by atomic mass is 35.5. The summed E-state index contributed by atoms with van der Waals surface area (Å²) in [6, 6.07) is 14.5. The molecule has 0 atom stereocenters. The van der Waals surface area contributed by atoms with Crippen molar-refractivity contribution in [3.8, 4) is 23.3 Å². The van der Waals surface area contributed by atoms with Gasteiger partial charge in [-0.25, -0.2) is 0 Å². The minimum absolute atomic E-state index is 0.0977. The molecule has 0 aliphatic rings. The number of methoxy groups -OCH3 is 1. The molecule has 0 aromatic heterocycles. The minimum atomic E-state index is -0.796. The highest BCUT2D eigenvalue weighted by molar-refractivity contribution is 6.34. The van der Waals surface area contributed by atoms with E-state index in [9.17, 15) is 30.3 Å². The number of amides is 1. The zero-order chi connectivity index (χ0) is 27.8. The van der Waals surface area contributed by atoms with Crippen LogP contribution in [0.25, 0.3) is 6.08 Å². The SMILES string of the molecule is C=CCc1cc(/C=C(\C#N)C(=O)Nc2ccccc2Cl)cc(OC)c1Oc1ccc([N+](=O)[O-])cc1[N+](=O)[O-]. The van der Waals surface area contributed by atoms with Crippen molar-refractivity contribution in [1.29, 1.82) is 5.26 Å². The van der Waals surface area contributed by atoms with Crippen LogP contribution in [0.15, 0.2) is 72.8 Å². The van der Waals surface area contributed by atoms with Crippen molar-refractivity contribution in [2.75, 3.05) is 12.4 Å². The molecule has 11 nitrogen and oxygen atoms in total. The molecule has 0 spiro atoms. The van der Waals surface area contributed by atoms with Crippen molar-refractivity contribution >= 4 is 40.6 Å². The molecular formula is C26H19ClN4O7. The number of carbonyl (C=O) groups is 1. The minimum Gasteiger partial charge on any atom is -0.493 e. The van der Waals surface area contributed by atoms with Crippen LogP contribution in [-0.2, 0) is 11.2 Å². The van der Waals surface area contributed by atoms with Gasteiger partial charge in [-0.15, -0.1) is 6.58 Å². The van der Waals surface area contributed by atoms with Gasteiger partial charge in [0.15, 0.2) is 11.5 Å². The third kappa shape index (κ3) is 6.31. The second-order valence-corrected chi connectivity index (χ2v) is 7.98. The van der Waals surface area contributed by atoms with E-state index in [4.69, 9.17) is 21.1 Å². The zero-order valence-electron chi connectivity index (χ0n) is 19.8. The molecule has 0 aliphatic heterocycles. The molecule has 0 radical (unpaired) electrons. The Kier molecular flexibility index (Phi) is 8.76. The number of benzene rings is 3. The molecule has 0 heterocycles. The summed E-state index contributed by atoms with van der Waals surface area (Å²) in [5.41, 5.74) is -0.119. The molecule has 0 bridgehead atoms. The number of para-hydroxylation sites is 1. The fourth-order valence-corrected chi connectivity index (χ4v) is 3.55. The molecule has 0 saturated carbocycles. The molecule has 0 saturated heterocycles. The summed E-state index contributed by atoms with van der Waals surface area (Å²) in [4.78, 5) is 33.8. The van der Waals surface area contributed by atoms with Gasteiger partial charge in [0.25, 0.3) is 11.6 Å². The number of hydrogen-bond acceptors (Lipinski definition) is 8. The maximum atomic E-state index is 12.7. The number of nitrogens with zero attached hydrogens (tertiary/aromatic N) is 3. The lowest BCUT2D eigenvalue weighted by Crippen LogP contribution is -2.13. The van der Waals surface area contributed by atoms with Crippen molar-refractivity contribution in [3.05, 3.63) is 109 Å². The molecule has 0 aliphatic carbocycles. The van der Waals surface area contributed by atoms with Crippen molar-refractivity contribution in [1.82, 2.24) is 0 Å². The van der Waals surface area contributed by atoms with Crippen molar-refractivity contribution in [3.63, 3.8) is 0 Å². The number of anilines is 1. The van der Waals surface area contributed by atoms with Gasteiger partial charge in [0.2, 0.25) is 5.75 Å². The summed E-state index contributed by atoms with van der Waals surface area (Å²) < 4.78 is 11.2. The molecule has 0 fully saturated rings. The monoisotopic (exact) mass is 534 g/mol. The molecule has 0 unspecified atom stereocenters. The van der Waals surface area contributed by atoms with Crippen LogP contribution in [0.2, 0.25) is 5.02 Å². The first kappa shape index (κ1) is 27.4. The molecule has 3 rings (SSSR count). The number of nitro groups is 2. The lowest BCUT2D eigenvalue weighted by Gasteiger charge is -2.16. The standard InChI is InChI=1S/C26H19ClN4O7/c1-3-6-17-11-16(12-18(15-28)26(32)29-21-8-5-4-7-20(21)27)13-24(37-2)25(17)38-23-10-9-19(30(33)34)14-22(23)31(35)36/h3-5,7-14H,1,6H2,2H3,(H,29,32)/b18-12+. The Morgan fingerprint density at radius 2 is 1.87 bits per heavy atom. The van der Waals surface area contributed by atoms with Crippen LogP contribution in [0.3, 0.4) is 0 Å². The number of nitriles is 1. The Morgan fingerprint density at radius 1 is 1.13 bits per heavy atom. The van der Waals surface area contributed by atoms with Gasteiger partial charge in [0, 0.05) is 11.6 Å². The van der Waals surface area contributed by atoms with E-state index in [1.807, 2.05) is 6.07 Å². The first-order valence-corrected chi connectivity index (χ1v) is 11.2. The number of allylic oxidation sites excluding steroid dienone is 1. The second-order valence-electron chi connectivity index (χ2n) is 7.58. The molecule has 1 N–H and O–H groups in total. The Bertz CT molecular complexity index is 1510. The Hall–Kier alpha value is -5.21. The average molecular weight is 535 g/mol. The smallest absolute Gasteiger partial charge is 0.318 e. The Labute approximate surface area is 221 Å². The quantitative estimate of drug-likeness (QED) is 0.105. The van der Waals surface area contributed by atoms with Gasteiger partial charge in [0.1, 0.15) is 11.6 Å². The fraction of sp³-hybridized carbons (Fsp3) is 0.0769. The summed E-state index contributed by atoms with van der Waals surface area (Å²) >= 11 is 6.08. The molecule has 3 aromatic carbocycles. The van der Waals surface area contributed by atoms with Crippen molar-refractivity contribution in [2.45, 2.75) is 6.42 Å². The van der Waals surface area contributed by atoms with Gasteiger partial charge in [-0.05, 0) is 48.4 Å². The van der Waals surface area contributed by atoms with Crippen LogP contribution in [-0.4, -0.2) is 22.9 Å². The van der Waals surface area contributed by atoms with Gasteiger partial charge < -0.3 is 14.8 Å². The van der Waals surface area contributed by atoms with Gasteiger partial charge in [0.05, 0.1) is 33.7 Å². The largest absolute Gasteiger partial charge is 0.493 e. The number of ether oxygens (including phenoxy) is 2. The van der Waals surface area contributed by atoms with Gasteiger partial charge >= 0.3 is 5.69 Å². The van der Waals surface area contributed by atoms with E-state index in [0.29, 0.717) is 21.8 Å². The van der Waals surface area contributed by atoms with Crippen LogP contribution < -0.4 is 14.8 Å². The second kappa shape index (κ2) is 12.2. The molecule has 1 amide bonds. The third-order valence-corrected chi connectivity index (χ3v) is 5.43. The summed E-state index contributed by atoms with van der Waals surface area (Å²) in [5.74, 6) is -0.705. The summed E-state index contributed by atoms with van der Waals surface area (Å²) in [6.45, 7) is 3.70. The van der Waals surface area contributed by atoms with Gasteiger partial charge in [-0.1, -0.05) is 29.8 Å². The van der Waals surface area contributed by atoms with Crippen LogP contribution in [0.1, 0.15) is 11.1 Å². The maximum Gasteiger partial charge on any atom is 0.318 e. The lowest BCUT2D eigenvalue weighted by atomic mass is 10.0. The van der Waals surface area contributed by atoms with Crippen molar-refractivity contribution < 1.29 is 24.1 Å². The number of non-ortho nitro benzene ring substituents is 1. The number of carbonyl (C=O) groups excluding carboxylic acids is 1. The van der Waals surface area contributed by atoms with E-state index >= 15 is 0 Å². The van der Waals surface area contributed by atoms with Crippen molar-refractivity contribution in [2.24, 2.45) is 0 Å². The van der Waals surface area contributed by atoms with E-state index in [0.717, 1.165) is 18.2 Å². The summed E-state index contributed by atoms with van der Waals surface area (Å²) in [6.07, 6.45) is 3.11. The summed E-state index contributed by atoms with van der Waals surface area (Å²) in [7, 11) is 1.34. The number of nitrogens with one attached hydrogen (secondary N) is 1. The lowest BCUT2D eigenvalue weighted by molar-refractivity contribution is -0.394. The third-order valence-electron chi connectivity index (χ3n) is 5.10. The van der Waals surface area contributed by atoms with Gasteiger partial charge in [-0.3, -0.25) is 25.0 Å².